The molecule has 1 saturated carbocycles. The van der Waals surface area contributed by atoms with Crippen LogP contribution in [0.3, 0.4) is 0 Å². The minimum atomic E-state index is -0.663. The molecule has 23 heavy (non-hydrogen) atoms. The first-order chi connectivity index (χ1) is 10.4. The lowest BCUT2D eigenvalue weighted by molar-refractivity contribution is -0.188. The number of aliphatic hydroxyl groups is 1. The zero-order valence-corrected chi connectivity index (χ0v) is 17.5. The largest absolute Gasteiger partial charge is 0.388 e. The predicted octanol–water partition coefficient (Wildman–Crippen LogP) is 2.52. The summed E-state index contributed by atoms with van der Waals surface area (Å²) in [6.07, 6.45) is 4.20. The van der Waals surface area contributed by atoms with Crippen LogP contribution in [0.2, 0.25) is 0 Å². The standard InChI is InChI=1S/C17H33N3O2.HI/c1-6-17(21,7-2)11-19-15(18-5)20-13-12-9-8-10-22-14(12)16(13,3)4;/h12-14,21H,6-11H2,1-5H3,(H2,18,19,20);1H. The highest BCUT2D eigenvalue weighted by Gasteiger charge is 2.58. The van der Waals surface area contributed by atoms with Gasteiger partial charge in [-0.15, -0.1) is 24.0 Å². The number of hydrogen-bond acceptors (Lipinski definition) is 3. The van der Waals surface area contributed by atoms with Gasteiger partial charge in [-0.3, -0.25) is 4.99 Å². The van der Waals surface area contributed by atoms with Gasteiger partial charge in [0, 0.05) is 37.6 Å². The van der Waals surface area contributed by atoms with Crippen molar-refractivity contribution < 1.29 is 9.84 Å². The van der Waals surface area contributed by atoms with Gasteiger partial charge >= 0.3 is 0 Å². The molecule has 0 aromatic rings. The van der Waals surface area contributed by atoms with Crippen LogP contribution < -0.4 is 10.6 Å². The third kappa shape index (κ3) is 4.31. The van der Waals surface area contributed by atoms with Crippen LogP contribution >= 0.6 is 24.0 Å². The molecule has 3 atom stereocenters. The number of halogens is 1. The van der Waals surface area contributed by atoms with E-state index in [0.717, 1.165) is 31.8 Å². The molecular weight excluding hydrogens is 405 g/mol. The SMILES string of the molecule is CCC(O)(CC)CNC(=NC)NC1C2CCCOC2C1(C)C.I. The van der Waals surface area contributed by atoms with Crippen molar-refractivity contribution in [3.8, 4) is 0 Å². The van der Waals surface area contributed by atoms with Gasteiger partial charge in [0.15, 0.2) is 5.96 Å². The van der Waals surface area contributed by atoms with E-state index in [1.54, 1.807) is 7.05 Å². The average Bonchev–Trinajstić information content (AvgIpc) is 2.54. The predicted molar refractivity (Wildman–Crippen MR) is 105 cm³/mol. The Morgan fingerprint density at radius 2 is 2.00 bits per heavy atom. The van der Waals surface area contributed by atoms with Gasteiger partial charge in [-0.05, 0) is 25.7 Å². The molecular formula is C17H34IN3O2. The summed E-state index contributed by atoms with van der Waals surface area (Å²) in [6, 6.07) is 0.375. The van der Waals surface area contributed by atoms with Crippen molar-refractivity contribution in [2.45, 2.75) is 71.1 Å². The first-order valence-electron chi connectivity index (χ1n) is 8.69. The molecule has 1 aliphatic carbocycles. The normalized spacial score (nSPS) is 29.8. The summed E-state index contributed by atoms with van der Waals surface area (Å²) in [4.78, 5) is 4.33. The number of fused-ring (bicyclic) bond motifs is 1. The van der Waals surface area contributed by atoms with E-state index in [4.69, 9.17) is 4.74 Å². The zero-order chi connectivity index (χ0) is 16.4. The maximum atomic E-state index is 10.4. The van der Waals surface area contributed by atoms with Crippen LogP contribution in [0.5, 0.6) is 0 Å². The fourth-order valence-corrected chi connectivity index (χ4v) is 3.91. The van der Waals surface area contributed by atoms with E-state index in [-0.39, 0.29) is 29.4 Å². The molecule has 1 aliphatic heterocycles. The molecule has 1 saturated heterocycles. The molecule has 0 bridgehead atoms. The van der Waals surface area contributed by atoms with Gasteiger partial charge < -0.3 is 20.5 Å². The Balaban J connectivity index is 0.00000264. The summed E-state index contributed by atoms with van der Waals surface area (Å²) in [5, 5.41) is 17.3. The molecule has 5 nitrogen and oxygen atoms in total. The lowest BCUT2D eigenvalue weighted by Gasteiger charge is -2.60. The summed E-state index contributed by atoms with van der Waals surface area (Å²) in [7, 11) is 1.78. The minimum Gasteiger partial charge on any atom is -0.388 e. The van der Waals surface area contributed by atoms with Crippen molar-refractivity contribution in [3.63, 3.8) is 0 Å². The van der Waals surface area contributed by atoms with Crippen LogP contribution in [0.15, 0.2) is 4.99 Å². The summed E-state index contributed by atoms with van der Waals surface area (Å²) < 4.78 is 5.95. The average molecular weight is 439 g/mol. The highest BCUT2D eigenvalue weighted by atomic mass is 127. The third-order valence-electron chi connectivity index (χ3n) is 5.75. The van der Waals surface area contributed by atoms with Crippen molar-refractivity contribution in [2.75, 3.05) is 20.2 Å². The Morgan fingerprint density at radius 1 is 1.35 bits per heavy atom. The Hall–Kier alpha value is -0.0800. The van der Waals surface area contributed by atoms with Crippen molar-refractivity contribution >= 4 is 29.9 Å². The van der Waals surface area contributed by atoms with Gasteiger partial charge in [0.1, 0.15) is 0 Å². The Bertz CT molecular complexity index is 411. The summed E-state index contributed by atoms with van der Waals surface area (Å²) in [6.45, 7) is 9.97. The molecule has 2 aliphatic rings. The fourth-order valence-electron chi connectivity index (χ4n) is 3.91. The van der Waals surface area contributed by atoms with Crippen LogP contribution in [0, 0.1) is 11.3 Å². The second-order valence-electron chi connectivity index (χ2n) is 7.40. The van der Waals surface area contributed by atoms with Crippen LogP contribution in [0.25, 0.3) is 0 Å². The first kappa shape index (κ1) is 21.0. The minimum absolute atomic E-state index is 0. The smallest absolute Gasteiger partial charge is 0.191 e. The number of nitrogens with zero attached hydrogens (tertiary/aromatic N) is 1. The molecule has 136 valence electrons. The zero-order valence-electron chi connectivity index (χ0n) is 15.2. The van der Waals surface area contributed by atoms with Crippen molar-refractivity contribution in [1.82, 2.24) is 10.6 Å². The van der Waals surface area contributed by atoms with Gasteiger partial charge in [-0.1, -0.05) is 27.7 Å². The molecule has 0 spiro atoms. The van der Waals surface area contributed by atoms with E-state index in [1.165, 1.54) is 6.42 Å². The highest BCUT2D eigenvalue weighted by Crippen LogP contribution is 2.51. The topological polar surface area (TPSA) is 65.9 Å². The van der Waals surface area contributed by atoms with E-state index < -0.39 is 5.60 Å². The molecule has 0 aromatic carbocycles. The van der Waals surface area contributed by atoms with Crippen LogP contribution in [-0.2, 0) is 4.74 Å². The van der Waals surface area contributed by atoms with Gasteiger partial charge in [-0.2, -0.15) is 0 Å². The Kier molecular flexibility index (Phi) is 7.60. The van der Waals surface area contributed by atoms with Crippen molar-refractivity contribution in [2.24, 2.45) is 16.3 Å². The molecule has 0 aromatic heterocycles. The first-order valence-corrected chi connectivity index (χ1v) is 8.69. The van der Waals surface area contributed by atoms with Gasteiger partial charge in [-0.25, -0.2) is 0 Å². The molecule has 0 amide bonds. The molecule has 2 rings (SSSR count). The summed E-state index contributed by atoms with van der Waals surface area (Å²) in [5.74, 6) is 1.35. The van der Waals surface area contributed by atoms with Crippen LogP contribution in [0.1, 0.15) is 53.4 Å². The summed E-state index contributed by atoms with van der Waals surface area (Å²) >= 11 is 0. The van der Waals surface area contributed by atoms with E-state index in [0.29, 0.717) is 24.6 Å². The van der Waals surface area contributed by atoms with Crippen molar-refractivity contribution in [3.05, 3.63) is 0 Å². The van der Waals surface area contributed by atoms with Crippen LogP contribution in [-0.4, -0.2) is 49.0 Å². The van der Waals surface area contributed by atoms with Crippen molar-refractivity contribution in [1.29, 1.82) is 0 Å². The van der Waals surface area contributed by atoms with E-state index in [2.05, 4.69) is 29.5 Å². The Labute approximate surface area is 158 Å². The molecule has 0 radical (unpaired) electrons. The quantitative estimate of drug-likeness (QED) is 0.350. The van der Waals surface area contributed by atoms with E-state index in [1.807, 2.05) is 13.8 Å². The molecule has 3 N–H and O–H groups in total. The number of aliphatic imine (C=N–C) groups is 1. The fraction of sp³-hybridized carbons (Fsp3) is 0.941. The lowest BCUT2D eigenvalue weighted by Crippen LogP contribution is -2.71. The molecule has 2 fully saturated rings. The highest BCUT2D eigenvalue weighted by molar-refractivity contribution is 14.0. The number of ether oxygens (including phenoxy) is 1. The number of nitrogens with one attached hydrogen (secondary N) is 2. The Morgan fingerprint density at radius 3 is 2.57 bits per heavy atom. The monoisotopic (exact) mass is 439 g/mol. The maximum Gasteiger partial charge on any atom is 0.191 e. The second-order valence-corrected chi connectivity index (χ2v) is 7.40. The van der Waals surface area contributed by atoms with Gasteiger partial charge in [0.2, 0.25) is 0 Å². The van der Waals surface area contributed by atoms with Crippen LogP contribution in [0.4, 0.5) is 0 Å². The molecule has 3 unspecified atom stereocenters. The second kappa shape index (κ2) is 8.34. The van der Waals surface area contributed by atoms with E-state index in [9.17, 15) is 5.11 Å². The maximum absolute atomic E-state index is 10.4. The van der Waals surface area contributed by atoms with E-state index >= 15 is 0 Å². The molecule has 6 heteroatoms. The number of hydrogen-bond donors (Lipinski definition) is 3. The summed E-state index contributed by atoms with van der Waals surface area (Å²) in [5.41, 5.74) is -0.544. The third-order valence-corrected chi connectivity index (χ3v) is 5.75. The molecule has 1 heterocycles. The number of guanidine groups is 1. The van der Waals surface area contributed by atoms with Gasteiger partial charge in [0.05, 0.1) is 11.7 Å². The lowest BCUT2D eigenvalue weighted by atomic mass is 9.55. The van der Waals surface area contributed by atoms with Gasteiger partial charge in [0.25, 0.3) is 0 Å². The number of rotatable bonds is 5.